The van der Waals surface area contributed by atoms with E-state index in [0.29, 0.717) is 16.9 Å². The third kappa shape index (κ3) is 5.51. The van der Waals surface area contributed by atoms with Crippen molar-refractivity contribution < 1.29 is 14.3 Å². The van der Waals surface area contributed by atoms with Gasteiger partial charge in [0.1, 0.15) is 11.6 Å². The van der Waals surface area contributed by atoms with Crippen LogP contribution < -0.4 is 16.0 Å². The molecule has 1 saturated heterocycles. The van der Waals surface area contributed by atoms with Crippen LogP contribution in [0.5, 0.6) is 5.75 Å². The molecule has 8 heteroatoms. The molecule has 5 aromatic rings. The van der Waals surface area contributed by atoms with Crippen molar-refractivity contribution in [3.05, 3.63) is 108 Å². The summed E-state index contributed by atoms with van der Waals surface area (Å²) in [4.78, 5) is 20.2. The van der Waals surface area contributed by atoms with E-state index in [1.165, 1.54) is 18.2 Å². The minimum Gasteiger partial charge on any atom is -0.506 e. The smallest absolute Gasteiger partial charge is 0.251 e. The van der Waals surface area contributed by atoms with Crippen molar-refractivity contribution in [3.8, 4) is 22.6 Å². The van der Waals surface area contributed by atoms with E-state index in [4.69, 9.17) is 5.73 Å². The third-order valence-electron chi connectivity index (χ3n) is 7.70. The first kappa shape index (κ1) is 26.5. The Morgan fingerprint density at radius 3 is 2.66 bits per heavy atom. The normalized spacial score (nSPS) is 14.0. The number of aromatic nitrogens is 2. The minimum atomic E-state index is -0.458. The number of pyridine rings is 1. The average molecular weight is 550 g/mol. The predicted molar refractivity (Wildman–Crippen MR) is 160 cm³/mol. The van der Waals surface area contributed by atoms with E-state index < -0.39 is 5.82 Å². The number of anilines is 1. The zero-order valence-electron chi connectivity index (χ0n) is 22.8. The molecule has 4 N–H and O–H groups in total. The summed E-state index contributed by atoms with van der Waals surface area (Å²) in [7, 11) is 0. The third-order valence-corrected chi connectivity index (χ3v) is 7.70. The molecular formula is C33H32FN5O2. The Bertz CT molecular complexity index is 1740. The molecule has 3 aromatic carbocycles. The highest BCUT2D eigenvalue weighted by molar-refractivity contribution is 5.96. The van der Waals surface area contributed by atoms with Crippen LogP contribution in [0.15, 0.2) is 85.2 Å². The van der Waals surface area contributed by atoms with Crippen LogP contribution in [0.2, 0.25) is 0 Å². The van der Waals surface area contributed by atoms with E-state index in [0.717, 1.165) is 59.2 Å². The monoisotopic (exact) mass is 549 g/mol. The van der Waals surface area contributed by atoms with Gasteiger partial charge in [-0.2, -0.15) is 0 Å². The number of carbonyl (C=O) groups is 1. The number of rotatable bonds is 6. The Hall–Kier alpha value is -4.69. The van der Waals surface area contributed by atoms with E-state index in [-0.39, 0.29) is 24.2 Å². The first-order valence-corrected chi connectivity index (χ1v) is 13.8. The highest BCUT2D eigenvalue weighted by Gasteiger charge is 2.18. The quantitative estimate of drug-likeness (QED) is 0.252. The summed E-state index contributed by atoms with van der Waals surface area (Å²) in [5.41, 5.74) is 12.3. The highest BCUT2D eigenvalue weighted by Crippen LogP contribution is 2.31. The average Bonchev–Trinajstić information content (AvgIpc) is 3.35. The molecule has 0 spiro atoms. The lowest BCUT2D eigenvalue weighted by atomic mass is 10.00. The molecule has 1 fully saturated rings. The molecule has 0 saturated carbocycles. The van der Waals surface area contributed by atoms with Crippen molar-refractivity contribution in [1.29, 1.82) is 0 Å². The zero-order valence-corrected chi connectivity index (χ0v) is 22.8. The Balaban J connectivity index is 1.27. The molecule has 0 atom stereocenters. The standard InChI is InChI=1S/C33H32FN5O2/c1-21-12-23(25-16-28(19-36-18-25)38-10-8-27(35)9-11-38)14-24(13-21)33(41)37-20-29-15-22-4-2-3-5-30(22)39(29)31-17-26(34)6-7-32(31)40/h2-7,12-19,27,40H,8-11,20,35H2,1H3,(H,37,41). The maximum absolute atomic E-state index is 14.2. The summed E-state index contributed by atoms with van der Waals surface area (Å²) in [6, 6.07) is 21.6. The van der Waals surface area contributed by atoms with Gasteiger partial charge in [0, 0.05) is 53.6 Å². The topological polar surface area (TPSA) is 96.4 Å². The number of nitrogens with one attached hydrogen (secondary N) is 1. The molecule has 7 nitrogen and oxygen atoms in total. The number of benzene rings is 3. The van der Waals surface area contributed by atoms with Gasteiger partial charge in [-0.1, -0.05) is 24.3 Å². The number of amides is 1. The van der Waals surface area contributed by atoms with Crippen molar-refractivity contribution in [2.45, 2.75) is 32.4 Å². The molecule has 6 rings (SSSR count). The van der Waals surface area contributed by atoms with Crippen molar-refractivity contribution >= 4 is 22.5 Å². The number of nitrogens with two attached hydrogens (primary N) is 1. The number of fused-ring (bicyclic) bond motifs is 1. The number of nitrogens with zero attached hydrogens (tertiary/aromatic N) is 3. The van der Waals surface area contributed by atoms with E-state index in [9.17, 15) is 14.3 Å². The van der Waals surface area contributed by atoms with Gasteiger partial charge >= 0.3 is 0 Å². The molecule has 0 unspecified atom stereocenters. The van der Waals surface area contributed by atoms with Gasteiger partial charge in [0.15, 0.2) is 0 Å². The van der Waals surface area contributed by atoms with Gasteiger partial charge in [0.2, 0.25) is 0 Å². The van der Waals surface area contributed by atoms with E-state index in [1.54, 1.807) is 4.57 Å². The minimum absolute atomic E-state index is 0.0492. The Labute approximate surface area is 238 Å². The fraction of sp³-hybridized carbons (Fsp3) is 0.212. The lowest BCUT2D eigenvalue weighted by molar-refractivity contribution is 0.0950. The van der Waals surface area contributed by atoms with Crippen molar-refractivity contribution in [3.63, 3.8) is 0 Å². The lowest BCUT2D eigenvalue weighted by Crippen LogP contribution is -2.39. The summed E-state index contributed by atoms with van der Waals surface area (Å²) in [5, 5.41) is 14.5. The fourth-order valence-electron chi connectivity index (χ4n) is 5.57. The summed E-state index contributed by atoms with van der Waals surface area (Å²) in [6.45, 7) is 3.95. The molecule has 3 heterocycles. The van der Waals surface area contributed by atoms with Gasteiger partial charge in [-0.25, -0.2) is 4.39 Å². The van der Waals surface area contributed by atoms with Gasteiger partial charge in [0.25, 0.3) is 5.91 Å². The number of aromatic hydroxyl groups is 1. The maximum atomic E-state index is 14.2. The van der Waals surface area contributed by atoms with Gasteiger partial charge in [-0.05, 0) is 73.4 Å². The van der Waals surface area contributed by atoms with Crippen LogP contribution in [-0.2, 0) is 6.54 Å². The molecular weight excluding hydrogens is 517 g/mol. The van der Waals surface area contributed by atoms with Crippen LogP contribution in [0.3, 0.4) is 0 Å². The van der Waals surface area contributed by atoms with Crippen LogP contribution in [0, 0.1) is 12.7 Å². The van der Waals surface area contributed by atoms with Crippen LogP contribution >= 0.6 is 0 Å². The number of hydrogen-bond acceptors (Lipinski definition) is 5. The number of phenols is 1. The molecule has 208 valence electrons. The molecule has 0 radical (unpaired) electrons. The van der Waals surface area contributed by atoms with Crippen molar-refractivity contribution in [1.82, 2.24) is 14.9 Å². The number of aryl methyl sites for hydroxylation is 1. The van der Waals surface area contributed by atoms with Gasteiger partial charge in [-0.3, -0.25) is 9.78 Å². The van der Waals surface area contributed by atoms with Crippen LogP contribution in [0.4, 0.5) is 10.1 Å². The predicted octanol–water partition coefficient (Wildman–Crippen LogP) is 5.70. The Morgan fingerprint density at radius 1 is 1.02 bits per heavy atom. The van der Waals surface area contributed by atoms with E-state index >= 15 is 0 Å². The summed E-state index contributed by atoms with van der Waals surface area (Å²) < 4.78 is 15.9. The number of para-hydroxylation sites is 1. The van der Waals surface area contributed by atoms with E-state index in [1.807, 2.05) is 67.8 Å². The second-order valence-electron chi connectivity index (χ2n) is 10.7. The number of hydrogen-bond donors (Lipinski definition) is 3. The second-order valence-corrected chi connectivity index (χ2v) is 10.7. The summed E-state index contributed by atoms with van der Waals surface area (Å²) in [6.07, 6.45) is 5.60. The van der Waals surface area contributed by atoms with Gasteiger partial charge in [-0.15, -0.1) is 0 Å². The van der Waals surface area contributed by atoms with E-state index in [2.05, 4.69) is 21.3 Å². The molecule has 41 heavy (non-hydrogen) atoms. The summed E-state index contributed by atoms with van der Waals surface area (Å²) >= 11 is 0. The lowest BCUT2D eigenvalue weighted by Gasteiger charge is -2.32. The molecule has 1 aliphatic rings. The van der Waals surface area contributed by atoms with Crippen LogP contribution in [0.25, 0.3) is 27.7 Å². The van der Waals surface area contributed by atoms with Crippen LogP contribution in [-0.4, -0.2) is 39.7 Å². The van der Waals surface area contributed by atoms with Gasteiger partial charge < -0.3 is 25.6 Å². The summed E-state index contributed by atoms with van der Waals surface area (Å²) in [5.74, 6) is -0.739. The molecule has 2 aromatic heterocycles. The second kappa shape index (κ2) is 11.1. The van der Waals surface area contributed by atoms with Crippen molar-refractivity contribution in [2.24, 2.45) is 5.73 Å². The highest BCUT2D eigenvalue weighted by atomic mass is 19.1. The fourth-order valence-corrected chi connectivity index (χ4v) is 5.57. The van der Waals surface area contributed by atoms with Crippen molar-refractivity contribution in [2.75, 3.05) is 18.0 Å². The first-order chi connectivity index (χ1) is 19.9. The SMILES string of the molecule is Cc1cc(C(=O)NCc2cc3ccccc3n2-c2cc(F)ccc2O)cc(-c2cncc(N3CCC(N)CC3)c2)c1. The van der Waals surface area contributed by atoms with Crippen LogP contribution in [0.1, 0.15) is 34.5 Å². The molecule has 1 amide bonds. The number of phenolic OH excluding ortho intramolecular Hbond substituents is 1. The zero-order chi connectivity index (χ0) is 28.5. The largest absolute Gasteiger partial charge is 0.506 e. The number of carbonyl (C=O) groups excluding carboxylic acids is 1. The molecule has 0 bridgehead atoms. The van der Waals surface area contributed by atoms with Gasteiger partial charge in [0.05, 0.1) is 29.6 Å². The number of piperidine rings is 1. The number of halogens is 1. The molecule has 0 aliphatic carbocycles. The Kier molecular flexibility index (Phi) is 7.15. The Morgan fingerprint density at radius 2 is 1.83 bits per heavy atom. The first-order valence-electron chi connectivity index (χ1n) is 13.8. The maximum Gasteiger partial charge on any atom is 0.251 e. The molecule has 1 aliphatic heterocycles.